The van der Waals surface area contributed by atoms with Crippen molar-refractivity contribution in [2.75, 3.05) is 6.61 Å². The predicted molar refractivity (Wildman–Crippen MR) is 73.3 cm³/mol. The third-order valence-electron chi connectivity index (χ3n) is 2.67. The molecule has 3 heteroatoms. The molecule has 1 unspecified atom stereocenters. The van der Waals surface area contributed by atoms with Gasteiger partial charge in [0.2, 0.25) is 0 Å². The summed E-state index contributed by atoms with van der Waals surface area (Å²) in [4.78, 5) is 0. The van der Waals surface area contributed by atoms with Crippen LogP contribution in [-0.2, 0) is 6.42 Å². The van der Waals surface area contributed by atoms with Crippen molar-refractivity contribution in [2.24, 2.45) is 11.1 Å². The second-order valence-corrected chi connectivity index (χ2v) is 6.09. The summed E-state index contributed by atoms with van der Waals surface area (Å²) in [6, 6.07) is 4.62. The number of ether oxygens (including phenoxy) is 1. The monoisotopic (exact) mass is 253 g/mol. The van der Waals surface area contributed by atoms with E-state index in [1.807, 2.05) is 6.92 Å². The maximum atomic E-state index is 13.2. The first kappa shape index (κ1) is 15.0. The van der Waals surface area contributed by atoms with E-state index in [4.69, 9.17) is 10.5 Å². The maximum Gasteiger partial charge on any atom is 0.123 e. The van der Waals surface area contributed by atoms with Crippen molar-refractivity contribution in [3.8, 4) is 5.75 Å². The van der Waals surface area contributed by atoms with Crippen molar-refractivity contribution < 1.29 is 9.13 Å². The minimum Gasteiger partial charge on any atom is -0.493 e. The molecule has 0 aliphatic carbocycles. The third kappa shape index (κ3) is 5.50. The smallest absolute Gasteiger partial charge is 0.123 e. The molecule has 2 nitrogen and oxygen atoms in total. The molecule has 0 saturated heterocycles. The number of hydrogen-bond donors (Lipinski definition) is 1. The van der Waals surface area contributed by atoms with E-state index in [1.165, 1.54) is 12.1 Å². The lowest BCUT2D eigenvalue weighted by molar-refractivity contribution is 0.241. The van der Waals surface area contributed by atoms with Crippen LogP contribution < -0.4 is 10.5 Å². The van der Waals surface area contributed by atoms with Gasteiger partial charge in [0.05, 0.1) is 6.61 Å². The molecule has 1 atom stereocenters. The van der Waals surface area contributed by atoms with Crippen molar-refractivity contribution in [1.29, 1.82) is 0 Å². The van der Waals surface area contributed by atoms with Crippen LogP contribution in [0.3, 0.4) is 0 Å². The van der Waals surface area contributed by atoms with Gasteiger partial charge in [-0.15, -0.1) is 0 Å². The number of nitrogens with two attached hydrogens (primary N) is 1. The zero-order chi connectivity index (χ0) is 13.8. The molecular weight excluding hydrogens is 229 g/mol. The number of benzene rings is 1. The molecule has 0 saturated carbocycles. The molecular formula is C15H24FNO. The average molecular weight is 253 g/mol. The fourth-order valence-electron chi connectivity index (χ4n) is 1.66. The molecule has 18 heavy (non-hydrogen) atoms. The number of rotatable bonds is 5. The molecule has 0 heterocycles. The minimum absolute atomic E-state index is 0.00299. The lowest BCUT2D eigenvalue weighted by Gasteiger charge is -2.19. The highest BCUT2D eigenvalue weighted by atomic mass is 19.1. The van der Waals surface area contributed by atoms with Crippen molar-refractivity contribution in [1.82, 2.24) is 0 Å². The van der Waals surface area contributed by atoms with Crippen molar-refractivity contribution in [2.45, 2.75) is 46.6 Å². The molecule has 1 aromatic carbocycles. The Morgan fingerprint density at radius 3 is 2.56 bits per heavy atom. The van der Waals surface area contributed by atoms with E-state index in [9.17, 15) is 4.39 Å². The SMILES string of the molecule is CC(N)Cc1cc(F)ccc1OCCC(C)(C)C. The molecule has 0 aliphatic rings. The maximum absolute atomic E-state index is 13.2. The fraction of sp³-hybridized carbons (Fsp3) is 0.600. The van der Waals surface area contributed by atoms with Gasteiger partial charge in [-0.1, -0.05) is 20.8 Å². The highest BCUT2D eigenvalue weighted by Gasteiger charge is 2.12. The molecule has 0 aromatic heterocycles. The Labute approximate surface area is 109 Å². The summed E-state index contributed by atoms with van der Waals surface area (Å²) in [5, 5.41) is 0. The summed E-state index contributed by atoms with van der Waals surface area (Å²) in [5.74, 6) is 0.506. The van der Waals surface area contributed by atoms with Gasteiger partial charge in [0.1, 0.15) is 11.6 Å². The van der Waals surface area contributed by atoms with Gasteiger partial charge in [0.25, 0.3) is 0 Å². The molecule has 0 amide bonds. The van der Waals surface area contributed by atoms with Crippen LogP contribution in [0, 0.1) is 11.2 Å². The Morgan fingerprint density at radius 2 is 2.00 bits per heavy atom. The summed E-state index contributed by atoms with van der Waals surface area (Å²) in [7, 11) is 0. The van der Waals surface area contributed by atoms with Crippen LogP contribution >= 0.6 is 0 Å². The molecule has 0 fully saturated rings. The van der Waals surface area contributed by atoms with Crippen LogP contribution in [0.15, 0.2) is 18.2 Å². The zero-order valence-electron chi connectivity index (χ0n) is 11.8. The number of halogens is 1. The lowest BCUT2D eigenvalue weighted by atomic mass is 9.93. The van der Waals surface area contributed by atoms with Gasteiger partial charge in [-0.3, -0.25) is 0 Å². The second kappa shape index (κ2) is 6.19. The summed E-state index contributed by atoms with van der Waals surface area (Å²) in [6.45, 7) is 9.06. The molecule has 1 aromatic rings. The van der Waals surface area contributed by atoms with Gasteiger partial charge >= 0.3 is 0 Å². The molecule has 0 bridgehead atoms. The zero-order valence-corrected chi connectivity index (χ0v) is 11.8. The van der Waals surface area contributed by atoms with Crippen molar-refractivity contribution in [3.05, 3.63) is 29.6 Å². The summed E-state index contributed by atoms with van der Waals surface area (Å²) in [6.07, 6.45) is 1.59. The topological polar surface area (TPSA) is 35.2 Å². The van der Waals surface area contributed by atoms with E-state index in [1.54, 1.807) is 6.07 Å². The van der Waals surface area contributed by atoms with E-state index < -0.39 is 0 Å². The highest BCUT2D eigenvalue weighted by molar-refractivity contribution is 5.34. The van der Waals surface area contributed by atoms with Gasteiger partial charge in [0, 0.05) is 6.04 Å². The lowest BCUT2D eigenvalue weighted by Crippen LogP contribution is -2.19. The Morgan fingerprint density at radius 1 is 1.33 bits per heavy atom. The molecule has 1 rings (SSSR count). The first-order valence-electron chi connectivity index (χ1n) is 6.45. The predicted octanol–water partition coefficient (Wildman–Crippen LogP) is 3.53. The van der Waals surface area contributed by atoms with Crippen LogP contribution in [0.1, 0.15) is 39.7 Å². The Bertz CT molecular complexity index is 383. The molecule has 0 aliphatic heterocycles. The van der Waals surface area contributed by atoms with E-state index in [0.717, 1.165) is 17.7 Å². The van der Waals surface area contributed by atoms with Crippen LogP contribution in [0.25, 0.3) is 0 Å². The van der Waals surface area contributed by atoms with Crippen LogP contribution in [0.2, 0.25) is 0 Å². The van der Waals surface area contributed by atoms with Gasteiger partial charge in [-0.25, -0.2) is 4.39 Å². The first-order valence-corrected chi connectivity index (χ1v) is 6.45. The average Bonchev–Trinajstić information content (AvgIpc) is 2.18. The normalized spacial score (nSPS) is 13.4. The Kier molecular flexibility index (Phi) is 5.15. The fourth-order valence-corrected chi connectivity index (χ4v) is 1.66. The van der Waals surface area contributed by atoms with Gasteiger partial charge < -0.3 is 10.5 Å². The molecule has 2 N–H and O–H groups in total. The molecule has 102 valence electrons. The first-order chi connectivity index (χ1) is 8.28. The Balaban J connectivity index is 2.69. The minimum atomic E-state index is -0.242. The molecule has 0 spiro atoms. The second-order valence-electron chi connectivity index (χ2n) is 6.09. The van der Waals surface area contributed by atoms with E-state index in [2.05, 4.69) is 20.8 Å². The quantitative estimate of drug-likeness (QED) is 0.871. The standard InChI is InChI=1S/C15H24FNO/c1-11(17)9-12-10-13(16)5-6-14(12)18-8-7-15(2,3)4/h5-6,10-11H,7-9,17H2,1-4H3. The summed E-state index contributed by atoms with van der Waals surface area (Å²) in [5.41, 5.74) is 6.85. The van der Waals surface area contributed by atoms with Crippen molar-refractivity contribution in [3.63, 3.8) is 0 Å². The van der Waals surface area contributed by atoms with Gasteiger partial charge in [-0.05, 0) is 48.9 Å². The highest BCUT2D eigenvalue weighted by Crippen LogP contribution is 2.23. The summed E-state index contributed by atoms with van der Waals surface area (Å²) < 4.78 is 19.0. The Hall–Kier alpha value is -1.09. The van der Waals surface area contributed by atoms with Gasteiger partial charge in [-0.2, -0.15) is 0 Å². The summed E-state index contributed by atoms with van der Waals surface area (Å²) >= 11 is 0. The molecule has 0 radical (unpaired) electrons. The number of hydrogen-bond acceptors (Lipinski definition) is 2. The van der Waals surface area contributed by atoms with E-state index >= 15 is 0 Å². The van der Waals surface area contributed by atoms with E-state index in [0.29, 0.717) is 13.0 Å². The van der Waals surface area contributed by atoms with Gasteiger partial charge in [0.15, 0.2) is 0 Å². The van der Waals surface area contributed by atoms with Crippen LogP contribution in [-0.4, -0.2) is 12.6 Å². The largest absolute Gasteiger partial charge is 0.493 e. The van der Waals surface area contributed by atoms with Crippen molar-refractivity contribution >= 4 is 0 Å². The van der Waals surface area contributed by atoms with E-state index in [-0.39, 0.29) is 17.3 Å². The third-order valence-corrected chi connectivity index (χ3v) is 2.67. The van der Waals surface area contributed by atoms with Crippen LogP contribution in [0.5, 0.6) is 5.75 Å². The van der Waals surface area contributed by atoms with Crippen LogP contribution in [0.4, 0.5) is 4.39 Å².